The molecule has 176 valence electrons. The molecule has 3 amide bonds. The van der Waals surface area contributed by atoms with E-state index in [4.69, 9.17) is 16.3 Å². The first-order valence-corrected chi connectivity index (χ1v) is 11.5. The fraction of sp³-hybridized carbons (Fsp3) is 0.583. The molecule has 32 heavy (non-hydrogen) atoms. The summed E-state index contributed by atoms with van der Waals surface area (Å²) in [6.07, 6.45) is -0.345. The average Bonchev–Trinajstić information content (AvgIpc) is 2.73. The van der Waals surface area contributed by atoms with Gasteiger partial charge in [0.25, 0.3) is 0 Å². The molecule has 0 bridgehead atoms. The van der Waals surface area contributed by atoms with Gasteiger partial charge in [0.05, 0.1) is 16.8 Å². The van der Waals surface area contributed by atoms with E-state index in [1.807, 2.05) is 45.9 Å². The first-order valence-electron chi connectivity index (χ1n) is 11.1. The van der Waals surface area contributed by atoms with Crippen molar-refractivity contribution >= 4 is 29.4 Å². The molecule has 1 atom stereocenters. The highest BCUT2D eigenvalue weighted by atomic mass is 35.5. The lowest BCUT2D eigenvalue weighted by Gasteiger charge is -2.35. The SMILES string of the molecule is CCN(CC)c1ccc(C#CC(C)NC(=O)N2CCN(C(=O)OC(C)(C)C)CC2)cc1Cl. The predicted octanol–water partition coefficient (Wildman–Crippen LogP) is 4.19. The molecular weight excluding hydrogens is 428 g/mol. The quantitative estimate of drug-likeness (QED) is 0.681. The zero-order chi connectivity index (χ0) is 23.9. The second-order valence-electron chi connectivity index (χ2n) is 8.73. The van der Waals surface area contributed by atoms with Gasteiger partial charge in [-0.15, -0.1) is 0 Å². The molecule has 1 N–H and O–H groups in total. The van der Waals surface area contributed by atoms with Crippen molar-refractivity contribution in [2.75, 3.05) is 44.2 Å². The number of carbonyl (C=O) groups excluding carboxylic acids is 2. The van der Waals surface area contributed by atoms with Gasteiger partial charge in [-0.2, -0.15) is 0 Å². The molecular formula is C24H35ClN4O3. The van der Waals surface area contributed by atoms with Crippen molar-refractivity contribution in [3.63, 3.8) is 0 Å². The highest BCUT2D eigenvalue weighted by Gasteiger charge is 2.27. The number of nitrogens with zero attached hydrogens (tertiary/aromatic N) is 3. The minimum absolute atomic E-state index is 0.189. The lowest BCUT2D eigenvalue weighted by atomic mass is 10.2. The molecule has 1 unspecified atom stereocenters. The topological polar surface area (TPSA) is 65.1 Å². The summed E-state index contributed by atoms with van der Waals surface area (Å²) < 4.78 is 5.39. The molecule has 2 rings (SSSR count). The fourth-order valence-corrected chi connectivity index (χ4v) is 3.63. The van der Waals surface area contributed by atoms with Gasteiger partial charge >= 0.3 is 12.1 Å². The third kappa shape index (κ3) is 7.52. The summed E-state index contributed by atoms with van der Waals surface area (Å²) in [5.74, 6) is 6.14. The van der Waals surface area contributed by atoms with E-state index >= 15 is 0 Å². The van der Waals surface area contributed by atoms with Crippen LogP contribution in [-0.2, 0) is 4.74 Å². The van der Waals surface area contributed by atoms with Crippen molar-refractivity contribution in [1.29, 1.82) is 0 Å². The van der Waals surface area contributed by atoms with E-state index in [1.54, 1.807) is 9.80 Å². The number of piperazine rings is 1. The Morgan fingerprint density at radius 3 is 2.28 bits per heavy atom. The van der Waals surface area contributed by atoms with Gasteiger partial charge in [-0.25, -0.2) is 9.59 Å². The number of rotatable bonds is 4. The van der Waals surface area contributed by atoms with Crippen LogP contribution in [0.25, 0.3) is 0 Å². The van der Waals surface area contributed by atoms with Gasteiger partial charge in [0.15, 0.2) is 0 Å². The van der Waals surface area contributed by atoms with Crippen molar-refractivity contribution in [1.82, 2.24) is 15.1 Å². The van der Waals surface area contributed by atoms with Gasteiger partial charge < -0.3 is 24.8 Å². The Balaban J connectivity index is 1.87. The first-order chi connectivity index (χ1) is 15.0. The highest BCUT2D eigenvalue weighted by molar-refractivity contribution is 6.33. The highest BCUT2D eigenvalue weighted by Crippen LogP contribution is 2.26. The average molecular weight is 463 g/mol. The minimum Gasteiger partial charge on any atom is -0.444 e. The van der Waals surface area contributed by atoms with Crippen LogP contribution in [0.15, 0.2) is 18.2 Å². The maximum atomic E-state index is 12.6. The Hall–Kier alpha value is -2.59. The van der Waals surface area contributed by atoms with E-state index in [9.17, 15) is 9.59 Å². The summed E-state index contributed by atoms with van der Waals surface area (Å²) in [6, 6.07) is 5.26. The van der Waals surface area contributed by atoms with E-state index < -0.39 is 5.60 Å². The number of ether oxygens (including phenoxy) is 1. The van der Waals surface area contributed by atoms with Crippen molar-refractivity contribution in [3.05, 3.63) is 28.8 Å². The standard InChI is InChI=1S/C24H35ClN4O3/c1-7-27(8-2)21-12-11-19(17-20(21)25)10-9-18(3)26-22(30)28-13-15-29(16-14-28)23(31)32-24(4,5)6/h11-12,17-18H,7-8,13-16H2,1-6H3,(H,26,30). The largest absolute Gasteiger partial charge is 0.444 e. The molecule has 0 aromatic heterocycles. The molecule has 8 heteroatoms. The van der Waals surface area contributed by atoms with E-state index in [0.29, 0.717) is 31.2 Å². The summed E-state index contributed by atoms with van der Waals surface area (Å²) in [6.45, 7) is 15.1. The zero-order valence-corrected chi connectivity index (χ0v) is 20.8. The number of halogens is 1. The van der Waals surface area contributed by atoms with Crippen molar-refractivity contribution < 1.29 is 14.3 Å². The number of anilines is 1. The van der Waals surface area contributed by atoms with Crippen LogP contribution in [0, 0.1) is 11.8 Å². The molecule has 1 saturated heterocycles. The molecule has 1 aromatic carbocycles. The van der Waals surface area contributed by atoms with Crippen molar-refractivity contribution in [2.24, 2.45) is 0 Å². The van der Waals surface area contributed by atoms with Crippen LogP contribution < -0.4 is 10.2 Å². The molecule has 1 aromatic rings. The Labute approximate surface area is 197 Å². The normalized spacial score (nSPS) is 14.8. The van der Waals surface area contributed by atoms with E-state index in [-0.39, 0.29) is 18.2 Å². The van der Waals surface area contributed by atoms with Crippen LogP contribution in [0.5, 0.6) is 0 Å². The van der Waals surface area contributed by atoms with Crippen LogP contribution in [0.2, 0.25) is 5.02 Å². The summed E-state index contributed by atoms with van der Waals surface area (Å²) in [5, 5.41) is 3.57. The Morgan fingerprint density at radius 2 is 1.75 bits per heavy atom. The molecule has 0 saturated carbocycles. The molecule has 0 spiro atoms. The van der Waals surface area contributed by atoms with Crippen LogP contribution in [0.1, 0.15) is 47.1 Å². The van der Waals surface area contributed by atoms with Gasteiger partial charge in [0.2, 0.25) is 0 Å². The number of amides is 3. The van der Waals surface area contributed by atoms with E-state index in [2.05, 4.69) is 35.9 Å². The summed E-state index contributed by atoms with van der Waals surface area (Å²) in [5.41, 5.74) is 1.27. The van der Waals surface area contributed by atoms with Crippen LogP contribution >= 0.6 is 11.6 Å². The van der Waals surface area contributed by atoms with Gasteiger partial charge in [-0.3, -0.25) is 0 Å². The van der Waals surface area contributed by atoms with E-state index in [1.165, 1.54) is 0 Å². The zero-order valence-electron chi connectivity index (χ0n) is 20.0. The maximum Gasteiger partial charge on any atom is 0.410 e. The summed E-state index contributed by atoms with van der Waals surface area (Å²) in [7, 11) is 0. The second kappa shape index (κ2) is 11.3. The number of benzene rings is 1. The number of nitrogens with one attached hydrogen (secondary N) is 1. The minimum atomic E-state index is -0.532. The lowest BCUT2D eigenvalue weighted by molar-refractivity contribution is 0.0169. The molecule has 0 aliphatic carbocycles. The maximum absolute atomic E-state index is 12.6. The molecule has 1 fully saturated rings. The third-order valence-corrected chi connectivity index (χ3v) is 5.35. The Bertz CT molecular complexity index is 860. The van der Waals surface area contributed by atoms with Gasteiger partial charge in [0.1, 0.15) is 5.60 Å². The summed E-state index contributed by atoms with van der Waals surface area (Å²) in [4.78, 5) is 30.2. The van der Waals surface area contributed by atoms with Crippen molar-refractivity contribution in [2.45, 2.75) is 53.2 Å². The summed E-state index contributed by atoms with van der Waals surface area (Å²) >= 11 is 6.43. The van der Waals surface area contributed by atoms with Gasteiger partial charge in [0, 0.05) is 44.8 Å². The van der Waals surface area contributed by atoms with Crippen LogP contribution in [-0.4, -0.2) is 72.8 Å². The lowest BCUT2D eigenvalue weighted by Crippen LogP contribution is -2.54. The van der Waals surface area contributed by atoms with Crippen LogP contribution in [0.4, 0.5) is 15.3 Å². The van der Waals surface area contributed by atoms with Crippen LogP contribution in [0.3, 0.4) is 0 Å². The molecule has 1 aliphatic heterocycles. The molecule has 7 nitrogen and oxygen atoms in total. The van der Waals surface area contributed by atoms with Gasteiger partial charge in [-0.05, 0) is 59.7 Å². The third-order valence-electron chi connectivity index (χ3n) is 5.04. The smallest absolute Gasteiger partial charge is 0.410 e. The van der Waals surface area contributed by atoms with Crippen molar-refractivity contribution in [3.8, 4) is 11.8 Å². The molecule has 1 heterocycles. The molecule has 0 radical (unpaired) electrons. The predicted molar refractivity (Wildman–Crippen MR) is 129 cm³/mol. The number of hydrogen-bond acceptors (Lipinski definition) is 4. The number of urea groups is 1. The number of hydrogen-bond donors (Lipinski definition) is 1. The molecule has 1 aliphatic rings. The number of carbonyl (C=O) groups is 2. The fourth-order valence-electron chi connectivity index (χ4n) is 3.33. The first kappa shape index (κ1) is 25.7. The Kier molecular flexibility index (Phi) is 9.09. The monoisotopic (exact) mass is 462 g/mol. The van der Waals surface area contributed by atoms with E-state index in [0.717, 1.165) is 24.3 Å². The Morgan fingerprint density at radius 1 is 1.16 bits per heavy atom. The second-order valence-corrected chi connectivity index (χ2v) is 9.14. The van der Waals surface area contributed by atoms with Gasteiger partial charge in [-0.1, -0.05) is 23.4 Å².